The van der Waals surface area contributed by atoms with E-state index in [0.29, 0.717) is 6.42 Å². The highest BCUT2D eigenvalue weighted by Crippen LogP contribution is 2.23. The van der Waals surface area contributed by atoms with Crippen LogP contribution in [0.3, 0.4) is 0 Å². The second kappa shape index (κ2) is 45.7. The van der Waals surface area contributed by atoms with Gasteiger partial charge in [0.25, 0.3) is 0 Å². The van der Waals surface area contributed by atoms with Crippen molar-refractivity contribution in [2.24, 2.45) is 0 Å². The van der Waals surface area contributed by atoms with Gasteiger partial charge in [-0.1, -0.05) is 264 Å². The molecule has 0 saturated carbocycles. The quantitative estimate of drug-likeness (QED) is 0.0261. The maximum Gasteiger partial charge on any atom is 0.220 e. The first-order valence-electron chi connectivity index (χ1n) is 27.9. The molecule has 0 spiro atoms. The molecule has 0 radical (unpaired) electrons. The summed E-state index contributed by atoms with van der Waals surface area (Å²) in [7, 11) is 0. The maximum absolute atomic E-state index is 12.9. The predicted molar refractivity (Wildman–Crippen MR) is 267 cm³/mol. The maximum atomic E-state index is 12.9. The summed E-state index contributed by atoms with van der Waals surface area (Å²) in [5.74, 6) is -0.175. The fraction of sp³-hybridized carbons (Fsp3) is 0.945. The Morgan fingerprint density at radius 3 is 1.22 bits per heavy atom. The van der Waals surface area contributed by atoms with E-state index in [1.165, 1.54) is 218 Å². The summed E-state index contributed by atoms with van der Waals surface area (Å²) in [5.41, 5.74) is 0. The molecule has 1 aliphatic heterocycles. The van der Waals surface area contributed by atoms with Crippen LogP contribution in [0, 0.1) is 0 Å². The van der Waals surface area contributed by atoms with Crippen LogP contribution in [0.1, 0.15) is 277 Å². The first-order chi connectivity index (χ1) is 31.3. The van der Waals surface area contributed by atoms with E-state index in [-0.39, 0.29) is 12.5 Å². The van der Waals surface area contributed by atoms with Crippen LogP contribution in [0.2, 0.25) is 0 Å². The van der Waals surface area contributed by atoms with Gasteiger partial charge in [-0.3, -0.25) is 4.79 Å². The minimum Gasteiger partial charge on any atom is -0.394 e. The number of aliphatic hydroxyl groups excluding tert-OH is 5. The van der Waals surface area contributed by atoms with E-state index in [9.17, 15) is 30.3 Å². The number of hydrogen-bond donors (Lipinski definition) is 6. The van der Waals surface area contributed by atoms with Crippen LogP contribution in [0.5, 0.6) is 0 Å². The Labute approximate surface area is 395 Å². The smallest absolute Gasteiger partial charge is 0.220 e. The van der Waals surface area contributed by atoms with Gasteiger partial charge in [-0.25, -0.2) is 0 Å². The Morgan fingerprint density at radius 2 is 0.859 bits per heavy atom. The lowest BCUT2D eigenvalue weighted by molar-refractivity contribution is -0.302. The van der Waals surface area contributed by atoms with Crippen molar-refractivity contribution in [2.75, 3.05) is 13.2 Å². The second-order valence-electron chi connectivity index (χ2n) is 19.7. The molecule has 0 aliphatic carbocycles. The molecule has 9 heteroatoms. The summed E-state index contributed by atoms with van der Waals surface area (Å²) < 4.78 is 11.2. The average molecular weight is 910 g/mol. The Hall–Kier alpha value is -1.07. The van der Waals surface area contributed by atoms with Gasteiger partial charge in [0.2, 0.25) is 5.91 Å². The van der Waals surface area contributed by atoms with E-state index in [4.69, 9.17) is 9.47 Å². The predicted octanol–water partition coefficient (Wildman–Crippen LogP) is 13.2. The number of carbonyl (C=O) groups excluding carboxylic acids is 1. The lowest BCUT2D eigenvalue weighted by Gasteiger charge is -2.40. The minimum atomic E-state index is -1.56. The summed E-state index contributed by atoms with van der Waals surface area (Å²) in [6, 6.07) is -0.797. The molecule has 1 aliphatic rings. The summed E-state index contributed by atoms with van der Waals surface area (Å²) in [6.45, 7) is 3.75. The van der Waals surface area contributed by atoms with Gasteiger partial charge in [0.15, 0.2) is 6.29 Å². The molecule has 1 amide bonds. The van der Waals surface area contributed by atoms with Gasteiger partial charge in [-0.15, -0.1) is 0 Å². The normalized spacial score (nSPS) is 20.0. The monoisotopic (exact) mass is 910 g/mol. The highest BCUT2D eigenvalue weighted by Gasteiger charge is 2.44. The van der Waals surface area contributed by atoms with Crippen LogP contribution in [-0.2, 0) is 14.3 Å². The third-order valence-electron chi connectivity index (χ3n) is 13.6. The highest BCUT2D eigenvalue weighted by atomic mass is 16.7. The molecule has 9 nitrogen and oxygen atoms in total. The molecule has 1 fully saturated rings. The van der Waals surface area contributed by atoms with Crippen LogP contribution in [0.15, 0.2) is 12.2 Å². The number of amides is 1. The van der Waals surface area contributed by atoms with Crippen molar-refractivity contribution in [3.05, 3.63) is 12.2 Å². The Morgan fingerprint density at radius 1 is 0.516 bits per heavy atom. The van der Waals surface area contributed by atoms with Gasteiger partial charge in [0.05, 0.1) is 25.4 Å². The van der Waals surface area contributed by atoms with E-state index in [1.807, 2.05) is 6.08 Å². The fourth-order valence-corrected chi connectivity index (χ4v) is 9.16. The molecule has 0 aromatic carbocycles. The van der Waals surface area contributed by atoms with Crippen LogP contribution in [0.25, 0.3) is 0 Å². The third-order valence-corrected chi connectivity index (χ3v) is 13.6. The summed E-state index contributed by atoms with van der Waals surface area (Å²) in [4.78, 5) is 12.9. The molecule has 7 unspecified atom stereocenters. The summed E-state index contributed by atoms with van der Waals surface area (Å²) in [6.07, 6.45) is 49.0. The third kappa shape index (κ3) is 35.1. The van der Waals surface area contributed by atoms with Gasteiger partial charge in [0, 0.05) is 6.42 Å². The fourth-order valence-electron chi connectivity index (χ4n) is 9.16. The van der Waals surface area contributed by atoms with Gasteiger partial charge >= 0.3 is 0 Å². The molecular formula is C55H107NO8. The van der Waals surface area contributed by atoms with E-state index in [2.05, 4.69) is 19.2 Å². The van der Waals surface area contributed by atoms with Crippen LogP contribution in [-0.4, -0.2) is 87.5 Å². The zero-order chi connectivity index (χ0) is 46.6. The number of ether oxygens (including phenoxy) is 2. The molecular weight excluding hydrogens is 803 g/mol. The van der Waals surface area contributed by atoms with Crippen LogP contribution < -0.4 is 5.32 Å². The number of unbranched alkanes of at least 4 members (excludes halogenated alkanes) is 38. The molecule has 380 valence electrons. The minimum absolute atomic E-state index is 0.175. The van der Waals surface area contributed by atoms with Gasteiger partial charge < -0.3 is 40.3 Å². The van der Waals surface area contributed by atoms with Crippen molar-refractivity contribution in [1.29, 1.82) is 0 Å². The molecule has 1 saturated heterocycles. The topological polar surface area (TPSA) is 149 Å². The van der Waals surface area contributed by atoms with E-state index < -0.39 is 49.5 Å². The standard InChI is InChI=1S/C55H107NO8/c1-3-5-7-9-11-13-14-15-16-17-18-19-20-21-22-23-24-25-26-27-28-29-30-31-32-33-34-35-36-37-39-41-43-45-51(59)56-48(49(58)44-42-40-38-12-10-8-6-4-2)47-63-55-54(62)53(61)52(60)50(46-57)64-55/h42,44,48-50,52-55,57-58,60-62H,3-41,43,45-47H2,1-2H3,(H,56,59)/b44-42+. The van der Waals surface area contributed by atoms with Crippen molar-refractivity contribution in [3.63, 3.8) is 0 Å². The Kier molecular flexibility index (Phi) is 43.5. The number of nitrogens with one attached hydrogen (secondary N) is 1. The summed E-state index contributed by atoms with van der Waals surface area (Å²) >= 11 is 0. The first-order valence-corrected chi connectivity index (χ1v) is 27.9. The van der Waals surface area contributed by atoms with Crippen molar-refractivity contribution >= 4 is 5.91 Å². The van der Waals surface area contributed by atoms with Crippen molar-refractivity contribution < 1.29 is 39.8 Å². The number of allylic oxidation sites excluding steroid dienone is 1. The van der Waals surface area contributed by atoms with Crippen LogP contribution in [0.4, 0.5) is 0 Å². The lowest BCUT2D eigenvalue weighted by atomic mass is 9.99. The van der Waals surface area contributed by atoms with E-state index in [1.54, 1.807) is 6.08 Å². The van der Waals surface area contributed by atoms with Crippen molar-refractivity contribution in [2.45, 2.75) is 320 Å². The van der Waals surface area contributed by atoms with Gasteiger partial charge in [-0.2, -0.15) is 0 Å². The van der Waals surface area contributed by atoms with Gasteiger partial charge in [0.1, 0.15) is 24.4 Å². The Balaban J connectivity index is 2.02. The molecule has 7 atom stereocenters. The average Bonchev–Trinajstić information content (AvgIpc) is 3.29. The molecule has 1 heterocycles. The number of hydrogen-bond acceptors (Lipinski definition) is 8. The van der Waals surface area contributed by atoms with Crippen LogP contribution >= 0.6 is 0 Å². The number of carbonyl (C=O) groups is 1. The second-order valence-corrected chi connectivity index (χ2v) is 19.7. The van der Waals surface area contributed by atoms with Crippen molar-refractivity contribution in [1.82, 2.24) is 5.32 Å². The molecule has 1 rings (SSSR count). The first kappa shape index (κ1) is 60.9. The molecule has 0 aromatic rings. The SMILES string of the molecule is CCCCCCCC/C=C/C(O)C(COC1OC(CO)C(O)C(O)C1O)NC(=O)CCCCCCCCCCCCCCCCCCCCCCCCCCCCCCCCCCC. The summed E-state index contributed by atoms with van der Waals surface area (Å²) in [5, 5.41) is 54.1. The molecule has 6 N–H and O–H groups in total. The highest BCUT2D eigenvalue weighted by molar-refractivity contribution is 5.76. The van der Waals surface area contributed by atoms with Crippen molar-refractivity contribution in [3.8, 4) is 0 Å². The van der Waals surface area contributed by atoms with E-state index >= 15 is 0 Å². The van der Waals surface area contributed by atoms with E-state index in [0.717, 1.165) is 38.5 Å². The number of aliphatic hydroxyl groups is 5. The molecule has 64 heavy (non-hydrogen) atoms. The molecule has 0 bridgehead atoms. The Bertz CT molecular complexity index is 1010. The number of rotatable bonds is 48. The zero-order valence-corrected chi connectivity index (χ0v) is 42.1. The zero-order valence-electron chi connectivity index (χ0n) is 42.1. The molecule has 0 aromatic heterocycles. The van der Waals surface area contributed by atoms with Gasteiger partial charge in [-0.05, 0) is 19.3 Å². The largest absolute Gasteiger partial charge is 0.394 e. The lowest BCUT2D eigenvalue weighted by Crippen LogP contribution is -2.60.